The van der Waals surface area contributed by atoms with Gasteiger partial charge in [0.1, 0.15) is 0 Å². The molecule has 1 aliphatic heterocycles. The van der Waals surface area contributed by atoms with Crippen LogP contribution in [-0.4, -0.2) is 95.9 Å². The minimum absolute atomic E-state index is 0.0202. The molecule has 0 radical (unpaired) electrons. The number of esters is 2. The molecule has 0 aromatic rings. The molecule has 0 aromatic carbocycles. The number of hydrogen-bond acceptors (Lipinski definition) is 10. The van der Waals surface area contributed by atoms with Gasteiger partial charge in [0.15, 0.2) is 0 Å². The van der Waals surface area contributed by atoms with Gasteiger partial charge in [-0.05, 0) is 67.3 Å². The lowest BCUT2D eigenvalue weighted by Gasteiger charge is -2.41. The zero-order valence-electron chi connectivity index (χ0n) is 33.0. The Morgan fingerprint density at radius 3 is 1.78 bits per heavy atom. The zero-order valence-corrected chi connectivity index (χ0v) is 33.0. The van der Waals surface area contributed by atoms with Crippen LogP contribution in [0.5, 0.6) is 0 Å². The van der Waals surface area contributed by atoms with Crippen molar-refractivity contribution in [2.24, 2.45) is 22.7 Å². The molecule has 3 atom stereocenters. The van der Waals surface area contributed by atoms with Crippen LogP contribution >= 0.6 is 0 Å². The Balaban J connectivity index is 0.000000807. The standard InChI is InChI=1S/C20H29NO4.C8H10O4.C7H12O2.C6H10O2/c1-5-15(22)17(21-8-10-25-11-9-21)16(18(23)24)14-12-13-6-7-20(14,4)19(13,2)3;1-3-7(9)12-5-4-6(2)8(10)11;1-3-4-5-6(2)7(8)9;1-4-5(2)6(7)8-3/h5,13-14H,1,6-12H2,2-4H3,(H,23,24);3H,1-2,4-5H2,(H,10,11);2-5H2,1H3,(H,8,9);2,4H2,1,3H3/t13-,14?,20-;;;/m1.../s1. The van der Waals surface area contributed by atoms with E-state index in [1.165, 1.54) is 13.2 Å². The second kappa shape index (κ2) is 23.8. The predicted octanol–water partition coefficient (Wildman–Crippen LogP) is 6.56. The minimum atomic E-state index is -1.08. The van der Waals surface area contributed by atoms with Crippen molar-refractivity contribution < 1.29 is 58.3 Å². The van der Waals surface area contributed by atoms with E-state index in [2.05, 4.69) is 63.1 Å². The van der Waals surface area contributed by atoms with Crippen molar-refractivity contribution in [1.29, 1.82) is 0 Å². The van der Waals surface area contributed by atoms with Crippen molar-refractivity contribution in [2.45, 2.75) is 86.0 Å². The fourth-order valence-corrected chi connectivity index (χ4v) is 6.62. The summed E-state index contributed by atoms with van der Waals surface area (Å²) < 4.78 is 14.3. The molecule has 13 heteroatoms. The summed E-state index contributed by atoms with van der Waals surface area (Å²) in [5.74, 6) is -3.66. The number of unbranched alkanes of at least 4 members (excludes halogenated alkanes) is 1. The van der Waals surface area contributed by atoms with Crippen molar-refractivity contribution in [3.63, 3.8) is 0 Å². The van der Waals surface area contributed by atoms with Gasteiger partial charge in [-0.2, -0.15) is 0 Å². The summed E-state index contributed by atoms with van der Waals surface area (Å²) in [7, 11) is 1.35. The van der Waals surface area contributed by atoms with Crippen LogP contribution in [0.3, 0.4) is 0 Å². The third-order valence-corrected chi connectivity index (χ3v) is 10.5. The van der Waals surface area contributed by atoms with Gasteiger partial charge in [0, 0.05) is 42.3 Å². The lowest BCUT2D eigenvalue weighted by atomic mass is 9.64. The van der Waals surface area contributed by atoms with Crippen molar-refractivity contribution in [3.8, 4) is 0 Å². The number of fused-ring (bicyclic) bond motifs is 2. The summed E-state index contributed by atoms with van der Waals surface area (Å²) in [6.45, 7) is 29.6. The molecule has 3 fully saturated rings. The number of methoxy groups -OCH3 is 1. The van der Waals surface area contributed by atoms with E-state index in [-0.39, 0.29) is 47.1 Å². The second-order valence-electron chi connectivity index (χ2n) is 13.9. The fourth-order valence-electron chi connectivity index (χ4n) is 6.62. The maximum atomic E-state index is 12.7. The van der Waals surface area contributed by atoms with Crippen LogP contribution in [0.15, 0.2) is 73.0 Å². The topological polar surface area (TPSA) is 194 Å². The normalized spacial score (nSPS) is 20.7. The number of rotatable bonds is 16. The van der Waals surface area contributed by atoms with Gasteiger partial charge in [-0.3, -0.25) is 4.79 Å². The summed E-state index contributed by atoms with van der Waals surface area (Å²) in [6, 6.07) is 0. The molecule has 0 spiro atoms. The highest BCUT2D eigenvalue weighted by Gasteiger charge is 2.63. The quantitative estimate of drug-likeness (QED) is 0.113. The van der Waals surface area contributed by atoms with Crippen LogP contribution in [0.2, 0.25) is 0 Å². The smallest absolute Gasteiger partial charge is 0.334 e. The largest absolute Gasteiger partial charge is 0.478 e. The Kier molecular flexibility index (Phi) is 21.7. The van der Waals surface area contributed by atoms with Crippen molar-refractivity contribution in [1.82, 2.24) is 4.90 Å². The molecule has 2 aliphatic carbocycles. The molecule has 0 amide bonds. The van der Waals surface area contributed by atoms with Crippen LogP contribution in [0.25, 0.3) is 0 Å². The van der Waals surface area contributed by atoms with Crippen LogP contribution < -0.4 is 0 Å². The molecule has 1 heterocycles. The zero-order chi connectivity index (χ0) is 41.8. The molecular formula is C41H61NO12. The van der Waals surface area contributed by atoms with Gasteiger partial charge in [0.05, 0.1) is 38.2 Å². The first-order chi connectivity index (χ1) is 25.2. The Morgan fingerprint density at radius 1 is 0.852 bits per heavy atom. The summed E-state index contributed by atoms with van der Waals surface area (Å²) >= 11 is 0. The van der Waals surface area contributed by atoms with E-state index in [0.29, 0.717) is 67.5 Å². The Bertz CT molecular complexity index is 1440. The minimum Gasteiger partial charge on any atom is -0.478 e. The highest BCUT2D eigenvalue weighted by molar-refractivity contribution is 6.08. The molecule has 3 N–H and O–H groups in total. The van der Waals surface area contributed by atoms with Crippen LogP contribution in [0.1, 0.15) is 86.0 Å². The number of aliphatic carboxylic acids is 3. The number of carboxylic acids is 3. The molecule has 3 rings (SSSR count). The van der Waals surface area contributed by atoms with Gasteiger partial charge in [0.25, 0.3) is 0 Å². The highest BCUT2D eigenvalue weighted by Crippen LogP contribution is 2.69. The number of ketones is 1. The van der Waals surface area contributed by atoms with Gasteiger partial charge in [-0.15, -0.1) is 0 Å². The average Bonchev–Trinajstić information content (AvgIpc) is 3.49. The summed E-state index contributed by atoms with van der Waals surface area (Å²) in [4.78, 5) is 68.0. The van der Waals surface area contributed by atoms with Gasteiger partial charge in [-0.1, -0.05) is 73.9 Å². The lowest BCUT2D eigenvalue weighted by molar-refractivity contribution is -0.139. The van der Waals surface area contributed by atoms with E-state index in [9.17, 15) is 33.9 Å². The Labute approximate surface area is 320 Å². The summed E-state index contributed by atoms with van der Waals surface area (Å²) in [6.07, 6.45) is 8.63. The Morgan fingerprint density at radius 2 is 1.41 bits per heavy atom. The first-order valence-electron chi connectivity index (χ1n) is 18.1. The third-order valence-electron chi connectivity index (χ3n) is 10.5. The molecular weight excluding hydrogens is 698 g/mol. The molecule has 1 unspecified atom stereocenters. The number of ether oxygens (including phenoxy) is 3. The number of nitrogens with zero attached hydrogens (tertiary/aromatic N) is 1. The van der Waals surface area contributed by atoms with E-state index in [1.54, 1.807) is 0 Å². The highest BCUT2D eigenvalue weighted by atomic mass is 16.5. The monoisotopic (exact) mass is 759 g/mol. The van der Waals surface area contributed by atoms with E-state index in [4.69, 9.17) is 14.9 Å². The van der Waals surface area contributed by atoms with Gasteiger partial charge >= 0.3 is 29.8 Å². The average molecular weight is 760 g/mol. The Hall–Kier alpha value is -4.78. The van der Waals surface area contributed by atoms with Crippen LogP contribution in [0.4, 0.5) is 0 Å². The van der Waals surface area contributed by atoms with Gasteiger partial charge in [0.2, 0.25) is 5.78 Å². The number of morpholine rings is 1. The second-order valence-corrected chi connectivity index (χ2v) is 13.9. The summed E-state index contributed by atoms with van der Waals surface area (Å²) in [5.41, 5.74) is 1.48. The summed E-state index contributed by atoms with van der Waals surface area (Å²) in [5, 5.41) is 26.7. The molecule has 1 saturated heterocycles. The maximum absolute atomic E-state index is 12.7. The SMILES string of the molecule is C=C(CC)C(=O)OC.C=C(CCCC)C(=O)O.C=CC(=O)C(=C(C(=O)O)C1C[C@H]2CC[C@@]1(C)C2(C)C)N1CCOCC1.C=CC(=O)OCCC(=C)C(=O)O. The van der Waals surface area contributed by atoms with E-state index < -0.39 is 23.9 Å². The molecule has 2 saturated carbocycles. The van der Waals surface area contributed by atoms with Crippen molar-refractivity contribution in [2.75, 3.05) is 40.0 Å². The van der Waals surface area contributed by atoms with E-state index >= 15 is 0 Å². The third kappa shape index (κ3) is 14.2. The molecule has 54 heavy (non-hydrogen) atoms. The van der Waals surface area contributed by atoms with Crippen molar-refractivity contribution in [3.05, 3.63) is 73.0 Å². The molecule has 0 aromatic heterocycles. The molecule has 13 nitrogen and oxygen atoms in total. The number of allylic oxidation sites excluding steroid dienone is 1. The lowest BCUT2D eigenvalue weighted by Crippen LogP contribution is -2.42. The maximum Gasteiger partial charge on any atom is 0.334 e. The van der Waals surface area contributed by atoms with Crippen LogP contribution in [-0.2, 0) is 43.0 Å². The van der Waals surface area contributed by atoms with Gasteiger partial charge < -0.3 is 34.4 Å². The molecule has 302 valence electrons. The molecule has 3 aliphatic rings. The predicted molar refractivity (Wildman–Crippen MR) is 205 cm³/mol. The van der Waals surface area contributed by atoms with Gasteiger partial charge in [-0.25, -0.2) is 24.0 Å². The molecule has 2 bridgehead atoms. The first kappa shape index (κ1) is 49.2. The van der Waals surface area contributed by atoms with Crippen molar-refractivity contribution >= 4 is 35.6 Å². The first-order valence-corrected chi connectivity index (χ1v) is 18.1. The van der Waals surface area contributed by atoms with E-state index in [0.717, 1.165) is 38.2 Å². The number of carbonyl (C=O) groups excluding carboxylic acids is 3. The fraction of sp³-hybridized carbons (Fsp3) is 0.561. The number of carbonyl (C=O) groups is 6. The number of carboxylic acid groups (broad SMARTS) is 3. The number of hydrogen-bond donors (Lipinski definition) is 3. The van der Waals surface area contributed by atoms with E-state index in [1.807, 2.05) is 18.7 Å². The van der Waals surface area contributed by atoms with Crippen LogP contribution in [0, 0.1) is 22.7 Å².